The van der Waals surface area contributed by atoms with E-state index in [0.29, 0.717) is 0 Å². The molecule has 1 aliphatic rings. The van der Waals surface area contributed by atoms with Crippen molar-refractivity contribution in [3.63, 3.8) is 0 Å². The van der Waals surface area contributed by atoms with E-state index in [2.05, 4.69) is 29.0 Å². The Morgan fingerprint density at radius 3 is 2.30 bits per heavy atom. The lowest BCUT2D eigenvalue weighted by atomic mass is 10.0. The molecule has 0 saturated carbocycles. The Morgan fingerprint density at radius 2 is 1.56 bits per heavy atom. The SMILES string of the molecule is CC.CC.CC1=CCc2ncc(-c3cncc(Oc4ccccc4)c3)cc21.[HH]. The number of rotatable bonds is 3. The number of pyridine rings is 2. The van der Waals surface area contributed by atoms with Crippen LogP contribution in [0.2, 0.25) is 0 Å². The van der Waals surface area contributed by atoms with Gasteiger partial charge >= 0.3 is 0 Å². The summed E-state index contributed by atoms with van der Waals surface area (Å²) in [6.45, 7) is 10.1. The predicted octanol–water partition coefficient (Wildman–Crippen LogP) is 7.19. The molecule has 0 radical (unpaired) electrons. The molecule has 0 N–H and O–H groups in total. The summed E-state index contributed by atoms with van der Waals surface area (Å²) in [6, 6.07) is 13.9. The molecule has 2 aromatic heterocycles. The summed E-state index contributed by atoms with van der Waals surface area (Å²) in [5, 5.41) is 0. The molecule has 0 amide bonds. The lowest BCUT2D eigenvalue weighted by Gasteiger charge is -2.08. The maximum atomic E-state index is 5.86. The molecule has 3 heteroatoms. The monoisotopic (exact) mass is 362 g/mol. The summed E-state index contributed by atoms with van der Waals surface area (Å²) in [5.41, 5.74) is 5.74. The number of para-hydroxylation sites is 1. The normalized spacial score (nSPS) is 11.2. The first-order valence-electron chi connectivity index (χ1n) is 9.64. The first-order valence-corrected chi connectivity index (χ1v) is 9.64. The van der Waals surface area contributed by atoms with Crippen LogP contribution in [0, 0.1) is 0 Å². The summed E-state index contributed by atoms with van der Waals surface area (Å²) in [5.74, 6) is 1.53. The van der Waals surface area contributed by atoms with E-state index in [9.17, 15) is 0 Å². The summed E-state index contributed by atoms with van der Waals surface area (Å²) >= 11 is 0. The first kappa shape index (κ1) is 20.4. The van der Waals surface area contributed by atoms with Gasteiger partial charge in [0.05, 0.1) is 11.9 Å². The maximum absolute atomic E-state index is 5.86. The van der Waals surface area contributed by atoms with E-state index in [1.165, 1.54) is 11.1 Å². The maximum Gasteiger partial charge on any atom is 0.146 e. The van der Waals surface area contributed by atoms with Crippen LogP contribution in [0.5, 0.6) is 11.5 Å². The van der Waals surface area contributed by atoms with Crippen molar-refractivity contribution in [3.05, 3.63) is 78.4 Å². The summed E-state index contributed by atoms with van der Waals surface area (Å²) < 4.78 is 5.86. The second kappa shape index (κ2) is 10.3. The van der Waals surface area contributed by atoms with Gasteiger partial charge in [0.2, 0.25) is 0 Å². The molecule has 0 spiro atoms. The summed E-state index contributed by atoms with van der Waals surface area (Å²) in [6.07, 6.45) is 8.62. The number of benzene rings is 1. The van der Waals surface area contributed by atoms with Crippen molar-refractivity contribution in [3.8, 4) is 22.6 Å². The molecule has 3 aromatic rings. The number of fused-ring (bicyclic) bond motifs is 1. The van der Waals surface area contributed by atoms with E-state index in [1.54, 1.807) is 6.20 Å². The van der Waals surface area contributed by atoms with Gasteiger partial charge in [-0.05, 0) is 42.3 Å². The van der Waals surface area contributed by atoms with Crippen LogP contribution in [-0.4, -0.2) is 9.97 Å². The summed E-state index contributed by atoms with van der Waals surface area (Å²) in [7, 11) is 0. The molecule has 0 aliphatic heterocycles. The highest BCUT2D eigenvalue weighted by molar-refractivity contribution is 5.75. The molecule has 27 heavy (non-hydrogen) atoms. The molecular formula is C24H30N2O. The number of hydrogen-bond donors (Lipinski definition) is 0. The number of ether oxygens (including phenoxy) is 1. The second-order valence-electron chi connectivity index (χ2n) is 5.63. The lowest BCUT2D eigenvalue weighted by molar-refractivity contribution is 0.480. The highest BCUT2D eigenvalue weighted by Gasteiger charge is 2.13. The fourth-order valence-corrected chi connectivity index (χ4v) is 2.77. The van der Waals surface area contributed by atoms with Gasteiger partial charge in [0.1, 0.15) is 11.5 Å². The largest absolute Gasteiger partial charge is 0.456 e. The molecule has 2 heterocycles. The predicted molar refractivity (Wildman–Crippen MR) is 116 cm³/mol. The minimum atomic E-state index is 0. The van der Waals surface area contributed by atoms with Gasteiger partial charge in [-0.3, -0.25) is 9.97 Å². The fourth-order valence-electron chi connectivity index (χ4n) is 2.77. The molecule has 0 fully saturated rings. The van der Waals surface area contributed by atoms with Crippen LogP contribution in [0.25, 0.3) is 16.7 Å². The van der Waals surface area contributed by atoms with Gasteiger partial charge in [-0.25, -0.2) is 0 Å². The average molecular weight is 363 g/mol. The topological polar surface area (TPSA) is 35.0 Å². The molecule has 4 rings (SSSR count). The first-order chi connectivity index (χ1) is 13.3. The van der Waals surface area contributed by atoms with E-state index >= 15 is 0 Å². The molecule has 0 bridgehead atoms. The van der Waals surface area contributed by atoms with E-state index in [-0.39, 0.29) is 1.43 Å². The Hall–Kier alpha value is -2.94. The van der Waals surface area contributed by atoms with E-state index < -0.39 is 0 Å². The Bertz CT molecular complexity index is 892. The molecule has 3 nitrogen and oxygen atoms in total. The number of hydrogen-bond acceptors (Lipinski definition) is 3. The Labute approximate surface area is 164 Å². The van der Waals surface area contributed by atoms with Crippen molar-refractivity contribution in [2.75, 3.05) is 0 Å². The third-order valence-corrected chi connectivity index (χ3v) is 4.02. The second-order valence-corrected chi connectivity index (χ2v) is 5.63. The van der Waals surface area contributed by atoms with Gasteiger partial charge in [0.15, 0.2) is 0 Å². The molecular weight excluding hydrogens is 332 g/mol. The molecule has 142 valence electrons. The molecule has 1 aromatic carbocycles. The van der Waals surface area contributed by atoms with Gasteiger partial charge in [-0.1, -0.05) is 52.0 Å². The number of allylic oxidation sites excluding steroid dienone is 2. The van der Waals surface area contributed by atoms with Crippen LogP contribution < -0.4 is 4.74 Å². The van der Waals surface area contributed by atoms with E-state index in [4.69, 9.17) is 4.74 Å². The smallest absolute Gasteiger partial charge is 0.146 e. The number of nitrogens with zero attached hydrogens (tertiary/aromatic N) is 2. The average Bonchev–Trinajstić information content (AvgIpc) is 3.12. The Balaban J connectivity index is 0.000000739. The molecule has 1 aliphatic carbocycles. The quantitative estimate of drug-likeness (QED) is 0.494. The fraction of sp³-hybridized carbons (Fsp3) is 0.250. The van der Waals surface area contributed by atoms with Crippen molar-refractivity contribution >= 4 is 5.57 Å². The minimum Gasteiger partial charge on any atom is -0.456 e. The highest BCUT2D eigenvalue weighted by atomic mass is 16.5. The van der Waals surface area contributed by atoms with Crippen molar-refractivity contribution < 1.29 is 6.16 Å². The van der Waals surface area contributed by atoms with Crippen molar-refractivity contribution in [2.24, 2.45) is 0 Å². The minimum absolute atomic E-state index is 0. The third-order valence-electron chi connectivity index (χ3n) is 4.02. The van der Waals surface area contributed by atoms with Crippen molar-refractivity contribution in [1.29, 1.82) is 0 Å². The van der Waals surface area contributed by atoms with Gasteiger partial charge in [-0.2, -0.15) is 0 Å². The van der Waals surface area contributed by atoms with E-state index in [0.717, 1.165) is 34.7 Å². The highest BCUT2D eigenvalue weighted by Crippen LogP contribution is 2.31. The zero-order valence-corrected chi connectivity index (χ0v) is 16.9. The zero-order chi connectivity index (χ0) is 19.6. The lowest BCUT2D eigenvalue weighted by Crippen LogP contribution is -1.92. The summed E-state index contributed by atoms with van der Waals surface area (Å²) in [4.78, 5) is 8.88. The van der Waals surface area contributed by atoms with Gasteiger partial charge in [0.25, 0.3) is 0 Å². The van der Waals surface area contributed by atoms with Crippen molar-refractivity contribution in [2.45, 2.75) is 41.0 Å². The van der Waals surface area contributed by atoms with E-state index in [1.807, 2.05) is 76.5 Å². The van der Waals surface area contributed by atoms with Crippen LogP contribution >= 0.6 is 0 Å². The van der Waals surface area contributed by atoms with Gasteiger partial charge in [0, 0.05) is 31.4 Å². The van der Waals surface area contributed by atoms with Crippen LogP contribution in [0.4, 0.5) is 0 Å². The van der Waals surface area contributed by atoms with Crippen LogP contribution in [0.1, 0.15) is 47.3 Å². The Kier molecular flexibility index (Phi) is 7.75. The van der Waals surface area contributed by atoms with Gasteiger partial charge in [-0.15, -0.1) is 0 Å². The number of aromatic nitrogens is 2. The standard InChI is InChI=1S/C20H16N2O.2C2H6.H2/c1-14-7-8-20-19(14)10-16(12-22-20)15-9-18(13-21-11-15)23-17-5-3-2-4-6-17;2*1-2;/h2-7,9-13H,8H2,1H3;2*1-2H3;1H. The van der Waals surface area contributed by atoms with Crippen LogP contribution in [-0.2, 0) is 6.42 Å². The van der Waals surface area contributed by atoms with Crippen molar-refractivity contribution in [1.82, 2.24) is 9.97 Å². The molecule has 0 unspecified atom stereocenters. The molecule has 0 atom stereocenters. The zero-order valence-electron chi connectivity index (χ0n) is 16.9. The molecule has 0 saturated heterocycles. The van der Waals surface area contributed by atoms with Gasteiger partial charge < -0.3 is 4.74 Å². The van der Waals surface area contributed by atoms with Crippen LogP contribution in [0.15, 0.2) is 67.1 Å². The van der Waals surface area contributed by atoms with Crippen LogP contribution in [0.3, 0.4) is 0 Å². The third kappa shape index (κ3) is 5.04. The Morgan fingerprint density at radius 1 is 0.852 bits per heavy atom.